The van der Waals surface area contributed by atoms with Crippen LogP contribution in [0.3, 0.4) is 0 Å². The van der Waals surface area contributed by atoms with Gasteiger partial charge in [0, 0.05) is 48.7 Å². The van der Waals surface area contributed by atoms with E-state index in [9.17, 15) is 4.79 Å². The maximum atomic E-state index is 12.8. The van der Waals surface area contributed by atoms with Gasteiger partial charge in [-0.15, -0.1) is 0 Å². The molecule has 3 aromatic heterocycles. The molecule has 0 bridgehead atoms. The predicted octanol–water partition coefficient (Wildman–Crippen LogP) is 2.67. The van der Waals surface area contributed by atoms with Crippen molar-refractivity contribution in [2.24, 2.45) is 13.0 Å². The highest BCUT2D eigenvalue weighted by Gasteiger charge is 2.26. The van der Waals surface area contributed by atoms with Crippen LogP contribution in [0.5, 0.6) is 0 Å². The average Bonchev–Trinajstić information content (AvgIpc) is 3.26. The monoisotopic (exact) mass is 428 g/mol. The van der Waals surface area contributed by atoms with E-state index in [0.717, 1.165) is 53.8 Å². The maximum Gasteiger partial charge on any atom is 0.229 e. The Hall–Kier alpha value is -3.72. The number of nitrogens with one attached hydrogen (secondary N) is 1. The minimum atomic E-state index is -0.0519. The molecule has 1 aliphatic rings. The minimum absolute atomic E-state index is 0.0247. The normalized spacial score (nSPS) is 15.2. The molecule has 0 unspecified atom stereocenters. The first kappa shape index (κ1) is 20.2. The second-order valence-electron chi connectivity index (χ2n) is 8.07. The van der Waals surface area contributed by atoms with Crippen molar-refractivity contribution in [3.05, 3.63) is 61.1 Å². The molecule has 4 aromatic rings. The lowest BCUT2D eigenvalue weighted by Gasteiger charge is -2.30. The quantitative estimate of drug-likeness (QED) is 0.521. The van der Waals surface area contributed by atoms with E-state index in [1.165, 1.54) is 0 Å². The first-order chi connectivity index (χ1) is 15.6. The molecular weight excluding hydrogens is 404 g/mol. The van der Waals surface area contributed by atoms with Gasteiger partial charge in [-0.3, -0.25) is 19.7 Å². The van der Waals surface area contributed by atoms with E-state index in [-0.39, 0.29) is 11.8 Å². The number of aryl methyl sites for hydroxylation is 1. The lowest BCUT2D eigenvalue weighted by molar-refractivity contribution is -0.121. The molecule has 1 amide bonds. The Morgan fingerprint density at radius 2 is 1.91 bits per heavy atom. The molecule has 0 aliphatic carbocycles. The Bertz CT molecular complexity index is 1230. The number of piperidine rings is 1. The van der Waals surface area contributed by atoms with Crippen molar-refractivity contribution >= 4 is 22.8 Å². The van der Waals surface area contributed by atoms with Crippen molar-refractivity contribution in [3.8, 4) is 11.1 Å². The average molecular weight is 429 g/mol. The molecular formula is C23H24N8O. The fourth-order valence-electron chi connectivity index (χ4n) is 4.01. The van der Waals surface area contributed by atoms with E-state index in [1.807, 2.05) is 43.7 Å². The molecule has 1 aliphatic heterocycles. The van der Waals surface area contributed by atoms with Gasteiger partial charge in [-0.05, 0) is 43.6 Å². The SMILES string of the molecule is Cn1cc(-c2ccc3cnc(NC(=O)C4CCN(Cc5ncccn5)CC4)nc3c2)cn1. The van der Waals surface area contributed by atoms with E-state index in [0.29, 0.717) is 12.5 Å². The summed E-state index contributed by atoms with van der Waals surface area (Å²) in [6.07, 6.45) is 10.6. The Kier molecular flexibility index (Phi) is 5.55. The molecule has 1 fully saturated rings. The number of amides is 1. The lowest BCUT2D eigenvalue weighted by atomic mass is 9.96. The van der Waals surface area contributed by atoms with Crippen LogP contribution in [-0.4, -0.2) is 53.6 Å². The van der Waals surface area contributed by atoms with Gasteiger partial charge in [0.2, 0.25) is 11.9 Å². The Labute approximate surface area is 185 Å². The topological polar surface area (TPSA) is 102 Å². The molecule has 0 saturated carbocycles. The second kappa shape index (κ2) is 8.80. The van der Waals surface area contributed by atoms with Gasteiger partial charge < -0.3 is 0 Å². The highest BCUT2D eigenvalue weighted by molar-refractivity contribution is 5.92. The molecule has 9 nitrogen and oxygen atoms in total. The van der Waals surface area contributed by atoms with Gasteiger partial charge >= 0.3 is 0 Å². The van der Waals surface area contributed by atoms with Gasteiger partial charge in [0.1, 0.15) is 5.82 Å². The third kappa shape index (κ3) is 4.47. The van der Waals surface area contributed by atoms with E-state index in [2.05, 4.69) is 35.3 Å². The van der Waals surface area contributed by atoms with E-state index >= 15 is 0 Å². The summed E-state index contributed by atoms with van der Waals surface area (Å²) in [5.74, 6) is 1.07. The number of aromatic nitrogens is 6. The standard InChI is InChI=1S/C23H24N8O/c1-30-14-19(13-27-30)17-3-4-18-12-26-23(28-20(18)11-17)29-22(32)16-5-9-31(10-6-16)15-21-24-7-2-8-25-21/h2-4,7-8,11-14,16H,5-6,9-10,15H2,1H3,(H,26,28,29,32). The number of benzene rings is 1. The number of hydrogen-bond donors (Lipinski definition) is 1. The van der Waals surface area contributed by atoms with E-state index < -0.39 is 0 Å². The molecule has 0 radical (unpaired) electrons. The summed E-state index contributed by atoms with van der Waals surface area (Å²) in [6, 6.07) is 7.81. The number of rotatable bonds is 5. The Morgan fingerprint density at radius 3 is 2.66 bits per heavy atom. The second-order valence-corrected chi connectivity index (χ2v) is 8.07. The third-order valence-corrected chi connectivity index (χ3v) is 5.80. The highest BCUT2D eigenvalue weighted by atomic mass is 16.2. The summed E-state index contributed by atoms with van der Waals surface area (Å²) in [5, 5.41) is 8.06. The van der Waals surface area contributed by atoms with Crippen molar-refractivity contribution in [3.63, 3.8) is 0 Å². The highest BCUT2D eigenvalue weighted by Crippen LogP contribution is 2.24. The summed E-state index contributed by atoms with van der Waals surface area (Å²) >= 11 is 0. The number of fused-ring (bicyclic) bond motifs is 1. The number of hydrogen-bond acceptors (Lipinski definition) is 7. The predicted molar refractivity (Wildman–Crippen MR) is 120 cm³/mol. The van der Waals surface area contributed by atoms with Gasteiger partial charge in [-0.1, -0.05) is 12.1 Å². The minimum Gasteiger partial charge on any atom is -0.296 e. The van der Waals surface area contributed by atoms with Gasteiger partial charge in [0.05, 0.1) is 18.3 Å². The number of likely N-dealkylation sites (tertiary alicyclic amines) is 1. The van der Waals surface area contributed by atoms with Gasteiger partial charge in [-0.2, -0.15) is 5.10 Å². The summed E-state index contributed by atoms with van der Waals surface area (Å²) in [7, 11) is 1.89. The molecule has 1 aromatic carbocycles. The van der Waals surface area contributed by atoms with Crippen molar-refractivity contribution in [2.75, 3.05) is 18.4 Å². The molecule has 32 heavy (non-hydrogen) atoms. The number of carbonyl (C=O) groups is 1. The van der Waals surface area contributed by atoms with Crippen LogP contribution in [0.25, 0.3) is 22.0 Å². The van der Waals surface area contributed by atoms with Crippen LogP contribution in [0.1, 0.15) is 18.7 Å². The molecule has 0 spiro atoms. The molecule has 9 heteroatoms. The van der Waals surface area contributed by atoms with E-state index in [1.54, 1.807) is 23.3 Å². The van der Waals surface area contributed by atoms with Crippen molar-refractivity contribution < 1.29 is 4.79 Å². The first-order valence-corrected chi connectivity index (χ1v) is 10.7. The van der Waals surface area contributed by atoms with Crippen LogP contribution in [0.2, 0.25) is 0 Å². The van der Waals surface area contributed by atoms with Crippen LogP contribution in [0, 0.1) is 5.92 Å². The van der Waals surface area contributed by atoms with E-state index in [4.69, 9.17) is 0 Å². The smallest absolute Gasteiger partial charge is 0.229 e. The Morgan fingerprint density at radius 1 is 1.09 bits per heavy atom. The van der Waals surface area contributed by atoms with Crippen LogP contribution >= 0.6 is 0 Å². The largest absolute Gasteiger partial charge is 0.296 e. The molecule has 0 atom stereocenters. The van der Waals surface area contributed by atoms with Crippen molar-refractivity contribution in [1.82, 2.24) is 34.6 Å². The molecule has 1 N–H and O–H groups in total. The first-order valence-electron chi connectivity index (χ1n) is 10.7. The summed E-state index contributed by atoms with van der Waals surface area (Å²) in [6.45, 7) is 2.38. The molecule has 4 heterocycles. The number of nitrogens with zero attached hydrogens (tertiary/aromatic N) is 7. The molecule has 5 rings (SSSR count). The van der Waals surface area contributed by atoms with Crippen molar-refractivity contribution in [1.29, 1.82) is 0 Å². The molecule has 162 valence electrons. The zero-order valence-corrected chi connectivity index (χ0v) is 17.8. The Balaban J connectivity index is 1.22. The van der Waals surface area contributed by atoms with Crippen molar-refractivity contribution in [2.45, 2.75) is 19.4 Å². The zero-order valence-electron chi connectivity index (χ0n) is 17.8. The van der Waals surface area contributed by atoms with Crippen LogP contribution in [0.15, 0.2) is 55.2 Å². The summed E-state index contributed by atoms with van der Waals surface area (Å²) in [4.78, 5) is 32.6. The fraction of sp³-hybridized carbons (Fsp3) is 0.304. The summed E-state index contributed by atoms with van der Waals surface area (Å²) < 4.78 is 1.77. The van der Waals surface area contributed by atoms with Gasteiger partial charge in [0.25, 0.3) is 0 Å². The van der Waals surface area contributed by atoms with Crippen LogP contribution in [-0.2, 0) is 18.4 Å². The van der Waals surface area contributed by atoms with Gasteiger partial charge in [-0.25, -0.2) is 19.9 Å². The maximum absolute atomic E-state index is 12.8. The van der Waals surface area contributed by atoms with Crippen LogP contribution in [0.4, 0.5) is 5.95 Å². The number of carbonyl (C=O) groups excluding carboxylic acids is 1. The number of anilines is 1. The fourth-order valence-corrected chi connectivity index (χ4v) is 4.01. The zero-order chi connectivity index (χ0) is 21.9. The van der Waals surface area contributed by atoms with Gasteiger partial charge in [0.15, 0.2) is 0 Å². The summed E-state index contributed by atoms with van der Waals surface area (Å²) in [5.41, 5.74) is 2.83. The molecule has 1 saturated heterocycles. The lowest BCUT2D eigenvalue weighted by Crippen LogP contribution is -2.38. The third-order valence-electron chi connectivity index (χ3n) is 5.80. The van der Waals surface area contributed by atoms with Crippen LogP contribution < -0.4 is 5.32 Å².